The maximum Gasteiger partial charge on any atom is 0.327 e. The van der Waals surface area contributed by atoms with Crippen LogP contribution in [0.15, 0.2) is 18.3 Å². The first kappa shape index (κ1) is 30.4. The second-order valence-corrected chi connectivity index (χ2v) is 9.50. The molecule has 12 nitrogen and oxygen atoms in total. The Morgan fingerprint density at radius 2 is 1.95 bits per heavy atom. The summed E-state index contributed by atoms with van der Waals surface area (Å²) in [5, 5.41) is 25.4. The Balaban J connectivity index is 1.86. The lowest BCUT2D eigenvalue weighted by Crippen LogP contribution is -2.48. The van der Waals surface area contributed by atoms with Gasteiger partial charge in [-0.05, 0) is 25.3 Å². The van der Waals surface area contributed by atoms with Gasteiger partial charge < -0.3 is 26.0 Å². The Kier molecular flexibility index (Phi) is 10.9. The van der Waals surface area contributed by atoms with Crippen molar-refractivity contribution in [3.8, 4) is 6.07 Å². The fraction of sp³-hybridized carbons (Fsp3) is 0.522. The Labute approximate surface area is 221 Å². The molecule has 206 valence electrons. The van der Waals surface area contributed by atoms with Crippen LogP contribution in [0.2, 0.25) is 0 Å². The molecule has 1 aromatic rings. The maximum absolute atomic E-state index is 13.6. The number of hydrogen-bond acceptors (Lipinski definition) is 8. The molecule has 0 radical (unpaired) electrons. The lowest BCUT2D eigenvalue weighted by molar-refractivity contribution is -0.141. The third kappa shape index (κ3) is 8.94. The number of carbonyl (C=O) groups is 5. The first-order chi connectivity index (χ1) is 17.9. The second-order valence-electron chi connectivity index (χ2n) is 8.59. The van der Waals surface area contributed by atoms with E-state index in [9.17, 15) is 32.8 Å². The van der Waals surface area contributed by atoms with Crippen molar-refractivity contribution in [3.05, 3.63) is 29.6 Å². The Hall–Kier alpha value is -3.80. The van der Waals surface area contributed by atoms with Crippen molar-refractivity contribution in [3.63, 3.8) is 0 Å². The zero-order valence-electron chi connectivity index (χ0n) is 20.7. The minimum atomic E-state index is -3.18. The standard InChI is InChI=1S/C23H28F2N6O6S/c1-13(21(35)31-12-23(24,25)8-16(31)9-26)29-20(34)14-5-6-27-15(7-14)10-28-18(32)3-4-19(33)30-17(11-38-2)22(36)37/h5-7,13,16-17H,3-4,8,10-12H2,1-2H3,(H,28,32)(H,29,34)(H,30,33)(H,36,37)/t13-,16+,17?/m1/s1. The van der Waals surface area contributed by atoms with Crippen molar-refractivity contribution >= 4 is 41.4 Å². The smallest absolute Gasteiger partial charge is 0.327 e. The van der Waals surface area contributed by atoms with E-state index in [1.54, 1.807) is 12.3 Å². The molecule has 4 amide bonds. The fourth-order valence-electron chi connectivity index (χ4n) is 3.58. The number of alkyl halides is 2. The quantitative estimate of drug-likeness (QED) is 0.282. The van der Waals surface area contributed by atoms with Gasteiger partial charge in [0.1, 0.15) is 18.1 Å². The molecule has 0 aliphatic carbocycles. The summed E-state index contributed by atoms with van der Waals surface area (Å²) in [6.45, 7) is 0.347. The van der Waals surface area contributed by atoms with Gasteiger partial charge in [0.15, 0.2) is 0 Å². The molecular weight excluding hydrogens is 526 g/mol. The van der Waals surface area contributed by atoms with Crippen LogP contribution in [-0.2, 0) is 25.7 Å². The average Bonchev–Trinajstić information content (AvgIpc) is 3.19. The van der Waals surface area contributed by atoms with Crippen LogP contribution in [0, 0.1) is 11.3 Å². The Morgan fingerprint density at radius 3 is 2.58 bits per heavy atom. The van der Waals surface area contributed by atoms with Crippen LogP contribution < -0.4 is 16.0 Å². The number of thioether (sulfide) groups is 1. The van der Waals surface area contributed by atoms with E-state index in [1.165, 1.54) is 37.0 Å². The lowest BCUT2D eigenvalue weighted by atomic mass is 10.1. The molecule has 1 saturated heterocycles. The molecule has 0 spiro atoms. The first-order valence-electron chi connectivity index (χ1n) is 11.5. The molecule has 1 fully saturated rings. The molecule has 3 atom stereocenters. The highest BCUT2D eigenvalue weighted by Gasteiger charge is 2.48. The zero-order valence-corrected chi connectivity index (χ0v) is 21.5. The van der Waals surface area contributed by atoms with Gasteiger partial charge in [-0.3, -0.25) is 24.2 Å². The van der Waals surface area contributed by atoms with Gasteiger partial charge in [0.2, 0.25) is 17.7 Å². The van der Waals surface area contributed by atoms with Crippen LogP contribution in [0.4, 0.5) is 8.78 Å². The number of nitrogens with zero attached hydrogens (tertiary/aromatic N) is 3. The Morgan fingerprint density at radius 1 is 1.26 bits per heavy atom. The van der Waals surface area contributed by atoms with E-state index < -0.39 is 66.6 Å². The summed E-state index contributed by atoms with van der Waals surface area (Å²) in [6.07, 6.45) is 1.82. The maximum atomic E-state index is 13.6. The van der Waals surface area contributed by atoms with Gasteiger partial charge in [-0.2, -0.15) is 17.0 Å². The zero-order chi connectivity index (χ0) is 28.5. The number of hydrogen-bond donors (Lipinski definition) is 4. The van der Waals surface area contributed by atoms with Gasteiger partial charge >= 0.3 is 5.97 Å². The molecule has 1 unspecified atom stereocenters. The van der Waals surface area contributed by atoms with Crippen molar-refractivity contribution in [1.82, 2.24) is 25.8 Å². The van der Waals surface area contributed by atoms with E-state index in [1.807, 2.05) is 0 Å². The first-order valence-corrected chi connectivity index (χ1v) is 12.9. The van der Waals surface area contributed by atoms with E-state index >= 15 is 0 Å². The molecule has 4 N–H and O–H groups in total. The monoisotopic (exact) mass is 554 g/mol. The summed E-state index contributed by atoms with van der Waals surface area (Å²) >= 11 is 1.26. The highest BCUT2D eigenvalue weighted by Crippen LogP contribution is 2.32. The number of amides is 4. The summed E-state index contributed by atoms with van der Waals surface area (Å²) in [4.78, 5) is 65.1. The number of carboxylic acids is 1. The number of aliphatic carboxylic acids is 1. The number of nitriles is 1. The summed E-state index contributed by atoms with van der Waals surface area (Å²) in [5.74, 6) is -6.74. The molecule has 1 aliphatic rings. The molecule has 0 bridgehead atoms. The predicted octanol–water partition coefficient (Wildman–Crippen LogP) is 0.288. The summed E-state index contributed by atoms with van der Waals surface area (Å²) in [5.41, 5.74) is 0.393. The van der Waals surface area contributed by atoms with Gasteiger partial charge in [0.05, 0.1) is 24.9 Å². The second kappa shape index (κ2) is 13.7. The van der Waals surface area contributed by atoms with Crippen molar-refractivity contribution in [2.75, 3.05) is 18.6 Å². The van der Waals surface area contributed by atoms with Crippen LogP contribution >= 0.6 is 11.8 Å². The Bertz CT molecular complexity index is 1110. The van der Waals surface area contributed by atoms with Gasteiger partial charge in [-0.25, -0.2) is 13.6 Å². The highest BCUT2D eigenvalue weighted by molar-refractivity contribution is 7.98. The SMILES string of the molecule is CSCC(NC(=O)CCC(=O)NCc1cc(C(=O)N[C@H](C)C(=O)N2CC(F)(F)C[C@H]2C#N)ccn1)C(=O)O. The number of rotatable bonds is 12. The normalized spacial score (nSPS) is 17.6. The van der Waals surface area contributed by atoms with Gasteiger partial charge in [-0.1, -0.05) is 0 Å². The predicted molar refractivity (Wildman–Crippen MR) is 131 cm³/mol. The van der Waals surface area contributed by atoms with E-state index in [0.717, 1.165) is 4.90 Å². The number of halogens is 2. The van der Waals surface area contributed by atoms with E-state index in [-0.39, 0.29) is 30.7 Å². The number of carbonyl (C=O) groups excluding carboxylic acids is 4. The molecule has 1 aliphatic heterocycles. The van der Waals surface area contributed by atoms with Crippen molar-refractivity contribution in [1.29, 1.82) is 5.26 Å². The number of pyridine rings is 1. The van der Waals surface area contributed by atoms with E-state index in [4.69, 9.17) is 10.4 Å². The topological polar surface area (TPSA) is 182 Å². The lowest BCUT2D eigenvalue weighted by Gasteiger charge is -2.23. The minimum Gasteiger partial charge on any atom is -0.480 e. The fourth-order valence-corrected chi connectivity index (χ4v) is 4.14. The molecule has 38 heavy (non-hydrogen) atoms. The number of carboxylic acid groups (broad SMARTS) is 1. The van der Waals surface area contributed by atoms with Crippen LogP contribution in [0.1, 0.15) is 42.2 Å². The van der Waals surface area contributed by atoms with E-state index in [0.29, 0.717) is 5.69 Å². The van der Waals surface area contributed by atoms with Crippen molar-refractivity contribution in [2.24, 2.45) is 0 Å². The third-order valence-electron chi connectivity index (χ3n) is 5.51. The van der Waals surface area contributed by atoms with Gasteiger partial charge in [-0.15, -0.1) is 0 Å². The molecule has 0 saturated carbocycles. The van der Waals surface area contributed by atoms with Gasteiger partial charge in [0, 0.05) is 36.8 Å². The number of aromatic nitrogens is 1. The molecule has 2 heterocycles. The van der Waals surface area contributed by atoms with Crippen molar-refractivity contribution < 1.29 is 37.9 Å². The van der Waals surface area contributed by atoms with E-state index in [2.05, 4.69) is 20.9 Å². The number of likely N-dealkylation sites (tertiary alicyclic amines) is 1. The minimum absolute atomic E-state index is 0.0764. The molecule has 0 aromatic carbocycles. The molecular formula is C23H28F2N6O6S. The third-order valence-corrected chi connectivity index (χ3v) is 6.18. The largest absolute Gasteiger partial charge is 0.480 e. The van der Waals surface area contributed by atoms with Crippen LogP contribution in [0.3, 0.4) is 0 Å². The van der Waals surface area contributed by atoms with Crippen LogP contribution in [0.5, 0.6) is 0 Å². The summed E-state index contributed by atoms with van der Waals surface area (Å²) < 4.78 is 27.3. The number of nitrogens with one attached hydrogen (secondary N) is 3. The van der Waals surface area contributed by atoms with Crippen LogP contribution in [-0.4, -0.2) is 87.2 Å². The highest BCUT2D eigenvalue weighted by atomic mass is 32.2. The van der Waals surface area contributed by atoms with Gasteiger partial charge in [0.25, 0.3) is 11.8 Å². The summed E-state index contributed by atoms with van der Waals surface area (Å²) in [6, 6.07) is 0.884. The molecule has 15 heteroatoms. The summed E-state index contributed by atoms with van der Waals surface area (Å²) in [7, 11) is 0. The van der Waals surface area contributed by atoms with Crippen LogP contribution in [0.25, 0.3) is 0 Å². The van der Waals surface area contributed by atoms with Crippen molar-refractivity contribution in [2.45, 2.75) is 56.8 Å². The molecule has 1 aromatic heterocycles. The molecule has 2 rings (SSSR count). The average molecular weight is 555 g/mol.